The summed E-state index contributed by atoms with van der Waals surface area (Å²) in [6, 6.07) is 18.9. The highest BCUT2D eigenvalue weighted by atomic mass is 16.6. The number of aliphatic carboxylic acids is 1. The van der Waals surface area contributed by atoms with E-state index in [1.54, 1.807) is 0 Å². The van der Waals surface area contributed by atoms with Crippen LogP contribution in [0.25, 0.3) is 11.1 Å². The molecule has 2 N–H and O–H groups in total. The largest absolute Gasteiger partial charge is 0.480 e. The standard InChI is InChI=1S/C21H23NO4.C12H23N/c1-21(2,26-20(25)22-14-6-9-18(22)19(23)24)17-12-10-16(11-13-17)15-7-4-3-5-8-15;1-3-7-11(8-4-1)13-12-9-5-2-6-10-12/h3-5,7-8,10-13,18H,6,9,14H2,1-2H3,(H,23,24);11-13H,1-10H2/t18-;/m0./s1. The number of carboxylic acid groups (broad SMARTS) is 1. The second-order valence-corrected chi connectivity index (χ2v) is 11.8. The maximum absolute atomic E-state index is 12.5. The summed E-state index contributed by atoms with van der Waals surface area (Å²) in [5.41, 5.74) is 2.21. The predicted molar refractivity (Wildman–Crippen MR) is 156 cm³/mol. The molecule has 0 aromatic heterocycles. The smallest absolute Gasteiger partial charge is 0.411 e. The molecule has 6 heteroatoms. The maximum Gasteiger partial charge on any atom is 0.411 e. The van der Waals surface area contributed by atoms with E-state index in [9.17, 15) is 14.7 Å². The van der Waals surface area contributed by atoms with Crippen LogP contribution in [-0.4, -0.2) is 46.7 Å². The summed E-state index contributed by atoms with van der Waals surface area (Å²) in [4.78, 5) is 25.1. The highest BCUT2D eigenvalue weighted by Crippen LogP contribution is 2.30. The molecule has 1 aliphatic heterocycles. The molecule has 2 saturated carbocycles. The van der Waals surface area contributed by atoms with E-state index < -0.39 is 23.7 Å². The number of carbonyl (C=O) groups is 2. The molecule has 5 rings (SSSR count). The first-order valence-electron chi connectivity index (χ1n) is 15.0. The number of amides is 1. The zero-order valence-corrected chi connectivity index (χ0v) is 23.7. The Labute approximate surface area is 234 Å². The molecule has 2 aliphatic carbocycles. The third-order valence-corrected chi connectivity index (χ3v) is 8.48. The Bertz CT molecular complexity index is 1030. The van der Waals surface area contributed by atoms with Crippen molar-refractivity contribution in [3.05, 3.63) is 60.2 Å². The van der Waals surface area contributed by atoms with Crippen molar-refractivity contribution in [1.82, 2.24) is 10.2 Å². The van der Waals surface area contributed by atoms with E-state index in [1.807, 2.05) is 68.4 Å². The normalized spacial score (nSPS) is 20.7. The molecule has 1 atom stereocenters. The summed E-state index contributed by atoms with van der Waals surface area (Å²) < 4.78 is 5.66. The molecule has 0 radical (unpaired) electrons. The minimum Gasteiger partial charge on any atom is -0.480 e. The van der Waals surface area contributed by atoms with Gasteiger partial charge in [0.05, 0.1) is 0 Å². The number of ether oxygens (including phenoxy) is 1. The van der Waals surface area contributed by atoms with Crippen LogP contribution < -0.4 is 5.32 Å². The van der Waals surface area contributed by atoms with Crippen molar-refractivity contribution >= 4 is 12.1 Å². The van der Waals surface area contributed by atoms with E-state index in [-0.39, 0.29) is 0 Å². The first kappa shape index (κ1) is 29.1. The first-order valence-corrected chi connectivity index (χ1v) is 15.0. The average Bonchev–Trinajstić information content (AvgIpc) is 3.46. The van der Waals surface area contributed by atoms with Crippen molar-refractivity contribution in [2.75, 3.05) is 6.54 Å². The Hall–Kier alpha value is -2.86. The third-order valence-electron chi connectivity index (χ3n) is 8.48. The predicted octanol–water partition coefficient (Wildman–Crippen LogP) is 7.52. The van der Waals surface area contributed by atoms with Crippen molar-refractivity contribution in [3.63, 3.8) is 0 Å². The number of nitrogens with zero attached hydrogens (tertiary/aromatic N) is 1. The minimum absolute atomic E-state index is 0.416. The summed E-state index contributed by atoms with van der Waals surface area (Å²) in [5.74, 6) is -0.982. The molecular weight excluding hydrogens is 488 g/mol. The highest BCUT2D eigenvalue weighted by Gasteiger charge is 2.37. The molecule has 2 aromatic rings. The van der Waals surface area contributed by atoms with Crippen LogP contribution in [0.2, 0.25) is 0 Å². The molecule has 3 aliphatic rings. The Balaban J connectivity index is 0.000000226. The molecule has 3 fully saturated rings. The fourth-order valence-corrected chi connectivity index (χ4v) is 6.14. The van der Waals surface area contributed by atoms with Crippen molar-refractivity contribution < 1.29 is 19.4 Å². The second-order valence-electron chi connectivity index (χ2n) is 11.8. The number of benzene rings is 2. The van der Waals surface area contributed by atoms with Gasteiger partial charge in [-0.25, -0.2) is 9.59 Å². The molecule has 0 bridgehead atoms. The van der Waals surface area contributed by atoms with Crippen LogP contribution in [0.4, 0.5) is 4.79 Å². The summed E-state index contributed by atoms with van der Waals surface area (Å²) in [5, 5.41) is 13.1. The summed E-state index contributed by atoms with van der Waals surface area (Å²) >= 11 is 0. The SMILES string of the molecule is C1CCC(NC2CCCCC2)CC1.CC(C)(OC(=O)N1CCC[C@H]1C(=O)O)c1ccc(-c2ccccc2)cc1. The van der Waals surface area contributed by atoms with Crippen molar-refractivity contribution in [1.29, 1.82) is 0 Å². The van der Waals surface area contributed by atoms with E-state index in [2.05, 4.69) is 5.32 Å². The molecule has 1 amide bonds. The van der Waals surface area contributed by atoms with E-state index in [4.69, 9.17) is 4.74 Å². The van der Waals surface area contributed by atoms with Crippen LogP contribution in [0.15, 0.2) is 54.6 Å². The second kappa shape index (κ2) is 14.0. The topological polar surface area (TPSA) is 78.9 Å². The number of rotatable bonds is 6. The van der Waals surface area contributed by atoms with Crippen LogP contribution in [0.1, 0.15) is 96.5 Å². The van der Waals surface area contributed by atoms with Gasteiger partial charge in [-0.1, -0.05) is 93.1 Å². The highest BCUT2D eigenvalue weighted by molar-refractivity contribution is 5.81. The molecule has 1 saturated heterocycles. The quantitative estimate of drug-likeness (QED) is 0.401. The van der Waals surface area contributed by atoms with Gasteiger partial charge in [0.1, 0.15) is 11.6 Å². The van der Waals surface area contributed by atoms with E-state index in [0.717, 1.165) is 28.8 Å². The minimum atomic E-state index is -0.982. The Morgan fingerprint density at radius 3 is 1.85 bits per heavy atom. The number of hydrogen-bond donors (Lipinski definition) is 2. The van der Waals surface area contributed by atoms with Crippen molar-refractivity contribution in [3.8, 4) is 11.1 Å². The van der Waals surface area contributed by atoms with Crippen LogP contribution in [0.5, 0.6) is 0 Å². The third kappa shape index (κ3) is 8.31. The molecular formula is C33H46N2O4. The fraction of sp³-hybridized carbons (Fsp3) is 0.576. The van der Waals surface area contributed by atoms with Gasteiger partial charge in [0.25, 0.3) is 0 Å². The lowest BCUT2D eigenvalue weighted by atomic mass is 9.91. The molecule has 0 spiro atoms. The van der Waals surface area contributed by atoms with Crippen molar-refractivity contribution in [2.45, 2.75) is 115 Å². The zero-order chi connectivity index (χ0) is 27.7. The zero-order valence-electron chi connectivity index (χ0n) is 23.7. The Morgan fingerprint density at radius 2 is 1.31 bits per heavy atom. The Morgan fingerprint density at radius 1 is 0.769 bits per heavy atom. The van der Waals surface area contributed by atoms with E-state index in [1.165, 1.54) is 69.1 Å². The van der Waals surface area contributed by atoms with Gasteiger partial charge < -0.3 is 15.2 Å². The monoisotopic (exact) mass is 534 g/mol. The number of likely N-dealkylation sites (tertiary alicyclic amines) is 1. The molecule has 2 aromatic carbocycles. The fourth-order valence-electron chi connectivity index (χ4n) is 6.14. The molecule has 212 valence electrons. The van der Waals surface area contributed by atoms with Crippen LogP contribution >= 0.6 is 0 Å². The van der Waals surface area contributed by atoms with Gasteiger partial charge >= 0.3 is 12.1 Å². The van der Waals surface area contributed by atoms with E-state index in [0.29, 0.717) is 19.4 Å². The molecule has 0 unspecified atom stereocenters. The average molecular weight is 535 g/mol. The van der Waals surface area contributed by atoms with Crippen LogP contribution in [-0.2, 0) is 15.1 Å². The van der Waals surface area contributed by atoms with Gasteiger partial charge in [-0.2, -0.15) is 0 Å². The van der Waals surface area contributed by atoms with Gasteiger partial charge in [0.15, 0.2) is 0 Å². The van der Waals surface area contributed by atoms with Gasteiger partial charge in [-0.05, 0) is 69.1 Å². The van der Waals surface area contributed by atoms with Gasteiger partial charge in [-0.15, -0.1) is 0 Å². The number of carbonyl (C=O) groups excluding carboxylic acids is 1. The maximum atomic E-state index is 12.5. The summed E-state index contributed by atoms with van der Waals surface area (Å²) in [6.07, 6.45) is 15.1. The number of nitrogens with one attached hydrogen (secondary N) is 1. The van der Waals surface area contributed by atoms with E-state index >= 15 is 0 Å². The van der Waals surface area contributed by atoms with Crippen LogP contribution in [0, 0.1) is 0 Å². The van der Waals surface area contributed by atoms with Gasteiger partial charge in [-0.3, -0.25) is 4.90 Å². The molecule has 39 heavy (non-hydrogen) atoms. The number of carboxylic acids is 1. The lowest BCUT2D eigenvalue weighted by Crippen LogP contribution is -2.43. The first-order chi connectivity index (χ1) is 18.8. The summed E-state index contributed by atoms with van der Waals surface area (Å²) in [6.45, 7) is 4.04. The molecule has 6 nitrogen and oxygen atoms in total. The summed E-state index contributed by atoms with van der Waals surface area (Å²) in [7, 11) is 0. The van der Waals surface area contributed by atoms with Crippen molar-refractivity contribution in [2.24, 2.45) is 0 Å². The lowest BCUT2D eigenvalue weighted by Gasteiger charge is -2.30. The number of hydrogen-bond acceptors (Lipinski definition) is 4. The Kier molecular flexibility index (Phi) is 10.4. The lowest BCUT2D eigenvalue weighted by molar-refractivity contribution is -0.142. The van der Waals surface area contributed by atoms with Gasteiger partial charge in [0, 0.05) is 18.6 Å². The molecule has 1 heterocycles. The van der Waals surface area contributed by atoms with Gasteiger partial charge in [0.2, 0.25) is 0 Å². The van der Waals surface area contributed by atoms with Crippen LogP contribution in [0.3, 0.4) is 0 Å².